The molecule has 1 fully saturated rings. The lowest BCUT2D eigenvalue weighted by atomic mass is 9.97. The van der Waals surface area contributed by atoms with Gasteiger partial charge in [-0.2, -0.15) is 0 Å². The number of carbonyl (C=O) groups is 3. The third-order valence-corrected chi connectivity index (χ3v) is 3.06. The lowest BCUT2D eigenvalue weighted by Gasteiger charge is -2.33. The van der Waals surface area contributed by atoms with Crippen LogP contribution in [-0.2, 0) is 19.1 Å². The Morgan fingerprint density at radius 3 is 2.61 bits per heavy atom. The van der Waals surface area contributed by atoms with Crippen molar-refractivity contribution in [2.75, 3.05) is 20.2 Å². The zero-order valence-corrected chi connectivity index (χ0v) is 11.1. The lowest BCUT2D eigenvalue weighted by Crippen LogP contribution is -2.50. The van der Waals surface area contributed by atoms with Crippen molar-refractivity contribution in [1.82, 2.24) is 10.2 Å². The molecule has 6 nitrogen and oxygen atoms in total. The fourth-order valence-corrected chi connectivity index (χ4v) is 2.18. The van der Waals surface area contributed by atoms with Gasteiger partial charge in [-0.05, 0) is 19.8 Å². The third kappa shape index (κ3) is 3.72. The summed E-state index contributed by atoms with van der Waals surface area (Å²) in [7, 11) is 1.35. The number of esters is 1. The van der Waals surface area contributed by atoms with Crippen molar-refractivity contribution in [2.24, 2.45) is 5.92 Å². The number of piperidine rings is 1. The number of hydrogen-bond donors (Lipinski definition) is 1. The van der Waals surface area contributed by atoms with Crippen LogP contribution >= 0.6 is 0 Å². The van der Waals surface area contributed by atoms with Crippen molar-refractivity contribution in [1.29, 1.82) is 0 Å². The van der Waals surface area contributed by atoms with E-state index in [-0.39, 0.29) is 23.7 Å². The molecule has 0 aromatic heterocycles. The van der Waals surface area contributed by atoms with Gasteiger partial charge >= 0.3 is 5.97 Å². The van der Waals surface area contributed by atoms with Gasteiger partial charge in [-0.1, -0.05) is 0 Å². The van der Waals surface area contributed by atoms with E-state index in [0.717, 1.165) is 12.8 Å². The third-order valence-electron chi connectivity index (χ3n) is 3.06. The summed E-state index contributed by atoms with van der Waals surface area (Å²) in [6, 6.07) is -0.557. The van der Waals surface area contributed by atoms with Gasteiger partial charge in [0.25, 0.3) is 0 Å². The molecule has 0 bridgehead atoms. The largest absolute Gasteiger partial charge is 0.469 e. The number of likely N-dealkylation sites (tertiary alicyclic amines) is 1. The topological polar surface area (TPSA) is 75.7 Å². The first kappa shape index (κ1) is 14.5. The maximum atomic E-state index is 12.0. The van der Waals surface area contributed by atoms with Crippen molar-refractivity contribution >= 4 is 17.8 Å². The number of nitrogens with zero attached hydrogens (tertiary/aromatic N) is 1. The van der Waals surface area contributed by atoms with E-state index in [2.05, 4.69) is 5.32 Å². The van der Waals surface area contributed by atoms with Gasteiger partial charge in [-0.25, -0.2) is 0 Å². The number of rotatable bonds is 3. The smallest absolute Gasteiger partial charge is 0.310 e. The van der Waals surface area contributed by atoms with Gasteiger partial charge < -0.3 is 15.0 Å². The Morgan fingerprint density at radius 1 is 1.39 bits per heavy atom. The average Bonchev–Trinajstić information content (AvgIpc) is 2.36. The summed E-state index contributed by atoms with van der Waals surface area (Å²) < 4.78 is 4.70. The van der Waals surface area contributed by atoms with Crippen molar-refractivity contribution in [3.63, 3.8) is 0 Å². The SMILES string of the molecule is COC(=O)[C@H]1CCCN(C(=O)C(C)NC(C)=O)C1. The number of ether oxygens (including phenoxy) is 1. The Kier molecular flexibility index (Phi) is 5.12. The van der Waals surface area contributed by atoms with Crippen LogP contribution in [-0.4, -0.2) is 48.9 Å². The molecule has 0 radical (unpaired) electrons. The van der Waals surface area contributed by atoms with E-state index in [1.165, 1.54) is 14.0 Å². The first-order valence-electron chi connectivity index (χ1n) is 6.09. The Balaban J connectivity index is 2.58. The number of amides is 2. The molecule has 6 heteroatoms. The fourth-order valence-electron chi connectivity index (χ4n) is 2.18. The summed E-state index contributed by atoms with van der Waals surface area (Å²) in [5.74, 6) is -0.923. The highest BCUT2D eigenvalue weighted by atomic mass is 16.5. The van der Waals surface area contributed by atoms with E-state index in [1.807, 2.05) is 0 Å². The number of hydrogen-bond acceptors (Lipinski definition) is 4. The van der Waals surface area contributed by atoms with E-state index in [0.29, 0.717) is 13.1 Å². The van der Waals surface area contributed by atoms with Crippen LogP contribution in [0.3, 0.4) is 0 Å². The molecule has 1 unspecified atom stereocenters. The molecular formula is C12H20N2O4. The van der Waals surface area contributed by atoms with Gasteiger partial charge in [0.1, 0.15) is 6.04 Å². The second-order valence-electron chi connectivity index (χ2n) is 4.57. The molecule has 1 aliphatic heterocycles. The van der Waals surface area contributed by atoms with Gasteiger partial charge in [0, 0.05) is 20.0 Å². The molecule has 2 amide bonds. The van der Waals surface area contributed by atoms with E-state index >= 15 is 0 Å². The minimum absolute atomic E-state index is 0.154. The normalized spacial score (nSPS) is 21.1. The van der Waals surface area contributed by atoms with Crippen LogP contribution in [0.4, 0.5) is 0 Å². The highest BCUT2D eigenvalue weighted by Crippen LogP contribution is 2.18. The molecule has 1 aliphatic rings. The van der Waals surface area contributed by atoms with Crippen LogP contribution in [0.2, 0.25) is 0 Å². The highest BCUT2D eigenvalue weighted by Gasteiger charge is 2.30. The van der Waals surface area contributed by atoms with Crippen LogP contribution in [0.25, 0.3) is 0 Å². The molecule has 0 aromatic carbocycles. The average molecular weight is 256 g/mol. The maximum absolute atomic E-state index is 12.0. The molecule has 2 atom stereocenters. The number of methoxy groups -OCH3 is 1. The summed E-state index contributed by atoms with van der Waals surface area (Å²) in [4.78, 5) is 36.0. The Morgan fingerprint density at radius 2 is 2.06 bits per heavy atom. The van der Waals surface area contributed by atoms with E-state index in [9.17, 15) is 14.4 Å². The molecule has 1 rings (SSSR count). The molecular weight excluding hydrogens is 236 g/mol. The second-order valence-corrected chi connectivity index (χ2v) is 4.57. The van der Waals surface area contributed by atoms with Crippen LogP contribution in [0.1, 0.15) is 26.7 Å². The van der Waals surface area contributed by atoms with Crippen molar-refractivity contribution in [3.8, 4) is 0 Å². The number of carbonyl (C=O) groups excluding carboxylic acids is 3. The van der Waals surface area contributed by atoms with E-state index < -0.39 is 6.04 Å². The standard InChI is InChI=1S/C12H20N2O4/c1-8(13-9(2)15)11(16)14-6-4-5-10(7-14)12(17)18-3/h8,10H,4-7H2,1-3H3,(H,13,15)/t8?,10-/m0/s1. The highest BCUT2D eigenvalue weighted by molar-refractivity contribution is 5.87. The summed E-state index contributed by atoms with van der Waals surface area (Å²) in [6.07, 6.45) is 1.52. The molecule has 0 spiro atoms. The first-order valence-corrected chi connectivity index (χ1v) is 6.09. The molecule has 0 aromatic rings. The van der Waals surface area contributed by atoms with Gasteiger partial charge in [0.2, 0.25) is 11.8 Å². The monoisotopic (exact) mass is 256 g/mol. The van der Waals surface area contributed by atoms with Crippen LogP contribution in [0.5, 0.6) is 0 Å². The molecule has 0 saturated carbocycles. The van der Waals surface area contributed by atoms with Crippen molar-refractivity contribution in [3.05, 3.63) is 0 Å². The quantitative estimate of drug-likeness (QED) is 0.717. The van der Waals surface area contributed by atoms with Gasteiger partial charge in [-0.3, -0.25) is 14.4 Å². The second kappa shape index (κ2) is 6.37. The number of nitrogens with one attached hydrogen (secondary N) is 1. The Hall–Kier alpha value is -1.59. The van der Waals surface area contributed by atoms with Crippen LogP contribution in [0, 0.1) is 5.92 Å². The van der Waals surface area contributed by atoms with Gasteiger partial charge in [-0.15, -0.1) is 0 Å². The predicted octanol–water partition coefficient (Wildman–Crippen LogP) is -0.0774. The van der Waals surface area contributed by atoms with E-state index in [1.54, 1.807) is 11.8 Å². The zero-order chi connectivity index (χ0) is 13.7. The van der Waals surface area contributed by atoms with Crippen molar-refractivity contribution in [2.45, 2.75) is 32.7 Å². The Labute approximate surface area is 107 Å². The fraction of sp³-hybridized carbons (Fsp3) is 0.750. The minimum Gasteiger partial charge on any atom is -0.469 e. The van der Waals surface area contributed by atoms with Gasteiger partial charge in [0.15, 0.2) is 0 Å². The molecule has 0 aliphatic carbocycles. The molecule has 102 valence electrons. The van der Waals surface area contributed by atoms with E-state index in [4.69, 9.17) is 4.74 Å². The molecule has 1 saturated heterocycles. The summed E-state index contributed by atoms with van der Waals surface area (Å²) in [6.45, 7) is 4.01. The van der Waals surface area contributed by atoms with Gasteiger partial charge in [0.05, 0.1) is 13.0 Å². The van der Waals surface area contributed by atoms with Crippen LogP contribution < -0.4 is 5.32 Å². The first-order chi connectivity index (χ1) is 8.45. The molecule has 1 heterocycles. The summed E-state index contributed by atoms with van der Waals surface area (Å²) >= 11 is 0. The maximum Gasteiger partial charge on any atom is 0.310 e. The lowest BCUT2D eigenvalue weighted by molar-refractivity contribution is -0.149. The van der Waals surface area contributed by atoms with Crippen molar-refractivity contribution < 1.29 is 19.1 Å². The zero-order valence-electron chi connectivity index (χ0n) is 11.1. The minimum atomic E-state index is -0.557. The summed E-state index contributed by atoms with van der Waals surface area (Å²) in [5.41, 5.74) is 0. The predicted molar refractivity (Wildman–Crippen MR) is 64.6 cm³/mol. The Bertz CT molecular complexity index is 343. The van der Waals surface area contributed by atoms with Crippen LogP contribution in [0.15, 0.2) is 0 Å². The summed E-state index contributed by atoms with van der Waals surface area (Å²) in [5, 5.41) is 2.55. The molecule has 1 N–H and O–H groups in total. The molecule has 18 heavy (non-hydrogen) atoms.